The number of carbonyl (C=O) groups is 3. The van der Waals surface area contributed by atoms with Crippen molar-refractivity contribution in [3.63, 3.8) is 0 Å². The molecular weight excluding hydrogens is 490 g/mol. The first-order valence-electron chi connectivity index (χ1n) is 12.0. The van der Waals surface area contributed by atoms with Crippen LogP contribution in [0.25, 0.3) is 10.8 Å². The number of fused-ring (bicyclic) bond motifs is 1. The number of benzene rings is 3. The number of nitrogens with one attached hydrogen (secondary N) is 2. The van der Waals surface area contributed by atoms with Gasteiger partial charge in [0.1, 0.15) is 12.3 Å². The first-order valence-corrected chi connectivity index (χ1v) is 13.1. The van der Waals surface area contributed by atoms with Gasteiger partial charge in [-0.3, -0.25) is 19.3 Å². The average molecular weight is 524 g/mol. The van der Waals surface area contributed by atoms with Crippen LogP contribution in [0, 0.1) is 0 Å². The number of amides is 2. The Morgan fingerprint density at radius 2 is 1.65 bits per heavy atom. The minimum Gasteiger partial charge on any atom is -0.497 e. The molecule has 0 spiro atoms. The highest BCUT2D eigenvalue weighted by molar-refractivity contribution is 7.99. The van der Waals surface area contributed by atoms with E-state index in [-0.39, 0.29) is 24.9 Å². The summed E-state index contributed by atoms with van der Waals surface area (Å²) in [6.07, 6.45) is 0. The minimum atomic E-state index is -0.506. The van der Waals surface area contributed by atoms with Gasteiger partial charge in [0.05, 0.1) is 26.5 Å². The fraction of sp³-hybridized carbons (Fsp3) is 0.321. The second-order valence-corrected chi connectivity index (χ2v) is 9.38. The van der Waals surface area contributed by atoms with Gasteiger partial charge >= 0.3 is 5.97 Å². The third kappa shape index (κ3) is 9.44. The molecule has 3 rings (SSSR count). The highest BCUT2D eigenvalue weighted by atomic mass is 32.2. The first-order chi connectivity index (χ1) is 18.0. The van der Waals surface area contributed by atoms with Gasteiger partial charge in [-0.15, -0.1) is 11.8 Å². The lowest BCUT2D eigenvalue weighted by molar-refractivity contribution is -0.141. The zero-order chi connectivity index (χ0) is 26.5. The van der Waals surface area contributed by atoms with Crippen molar-refractivity contribution in [3.8, 4) is 5.75 Å². The Balaban J connectivity index is 1.52. The lowest BCUT2D eigenvalue weighted by Crippen LogP contribution is -2.42. The van der Waals surface area contributed by atoms with Crippen LogP contribution in [0.3, 0.4) is 0 Å². The standard InChI is InChI=1S/C28H33N3O5S/c1-35-24-12-10-21(11-13-24)19-37-20-27(33)29-14-15-31(18-26(32)30-16-28(34)36-2)17-23-8-5-7-22-6-3-4-9-25(22)23/h3-13H,14-20H2,1-2H3,(H,29,33)(H,30,32). The molecule has 0 heterocycles. The zero-order valence-electron chi connectivity index (χ0n) is 21.2. The molecule has 0 radical (unpaired) electrons. The maximum Gasteiger partial charge on any atom is 0.325 e. The van der Waals surface area contributed by atoms with Gasteiger partial charge in [0, 0.05) is 25.4 Å². The Morgan fingerprint density at radius 1 is 0.892 bits per heavy atom. The van der Waals surface area contributed by atoms with Crippen LogP contribution in [-0.4, -0.2) is 68.8 Å². The molecule has 8 nitrogen and oxygen atoms in total. The van der Waals surface area contributed by atoms with Gasteiger partial charge < -0.3 is 20.1 Å². The summed E-state index contributed by atoms with van der Waals surface area (Å²) >= 11 is 1.54. The summed E-state index contributed by atoms with van der Waals surface area (Å²) in [5, 5.41) is 7.77. The van der Waals surface area contributed by atoms with E-state index in [1.54, 1.807) is 7.11 Å². The molecule has 0 unspecified atom stereocenters. The van der Waals surface area contributed by atoms with Gasteiger partial charge in [-0.2, -0.15) is 0 Å². The monoisotopic (exact) mass is 523 g/mol. The SMILES string of the molecule is COC(=O)CNC(=O)CN(CCNC(=O)CSCc1ccc(OC)cc1)Cc1cccc2ccccc12. The third-order valence-electron chi connectivity index (χ3n) is 5.71. The number of hydrogen-bond acceptors (Lipinski definition) is 7. The van der Waals surface area contributed by atoms with Crippen molar-refractivity contribution < 1.29 is 23.9 Å². The molecule has 0 aliphatic rings. The molecule has 0 bridgehead atoms. The van der Waals surface area contributed by atoms with Gasteiger partial charge in [-0.05, 0) is 34.0 Å². The summed E-state index contributed by atoms with van der Waals surface area (Å²) in [5.41, 5.74) is 2.21. The largest absolute Gasteiger partial charge is 0.497 e. The Bertz CT molecular complexity index is 1180. The van der Waals surface area contributed by atoms with Crippen molar-refractivity contribution in [1.29, 1.82) is 0 Å². The van der Waals surface area contributed by atoms with Crippen molar-refractivity contribution in [3.05, 3.63) is 77.9 Å². The van der Waals surface area contributed by atoms with Gasteiger partial charge in [-0.1, -0.05) is 54.6 Å². The van der Waals surface area contributed by atoms with Gasteiger partial charge in [0.2, 0.25) is 11.8 Å². The molecule has 0 atom stereocenters. The predicted octanol–water partition coefficient (Wildman–Crippen LogP) is 2.99. The Kier molecular flexibility index (Phi) is 11.3. The number of ether oxygens (including phenoxy) is 2. The predicted molar refractivity (Wildman–Crippen MR) is 146 cm³/mol. The van der Waals surface area contributed by atoms with Crippen molar-refractivity contribution in [2.45, 2.75) is 12.3 Å². The highest BCUT2D eigenvalue weighted by Gasteiger charge is 2.14. The lowest BCUT2D eigenvalue weighted by atomic mass is 10.0. The van der Waals surface area contributed by atoms with Crippen LogP contribution in [0.2, 0.25) is 0 Å². The molecule has 196 valence electrons. The molecule has 0 aliphatic heterocycles. The molecular formula is C28H33N3O5S. The van der Waals surface area contributed by atoms with E-state index < -0.39 is 5.97 Å². The van der Waals surface area contributed by atoms with Gasteiger partial charge in [-0.25, -0.2) is 0 Å². The van der Waals surface area contributed by atoms with Crippen molar-refractivity contribution >= 4 is 40.3 Å². The van der Waals surface area contributed by atoms with Crippen molar-refractivity contribution in [2.24, 2.45) is 0 Å². The molecule has 2 amide bonds. The zero-order valence-corrected chi connectivity index (χ0v) is 22.0. The summed E-state index contributed by atoms with van der Waals surface area (Å²) in [4.78, 5) is 38.2. The van der Waals surface area contributed by atoms with E-state index in [0.717, 1.165) is 33.4 Å². The second kappa shape index (κ2) is 14.9. The van der Waals surface area contributed by atoms with E-state index in [2.05, 4.69) is 33.6 Å². The van der Waals surface area contributed by atoms with Crippen LogP contribution in [-0.2, 0) is 31.4 Å². The van der Waals surface area contributed by atoms with Crippen LogP contribution in [0.15, 0.2) is 66.7 Å². The molecule has 2 N–H and O–H groups in total. The lowest BCUT2D eigenvalue weighted by Gasteiger charge is -2.23. The van der Waals surface area contributed by atoms with E-state index in [4.69, 9.17) is 4.74 Å². The summed E-state index contributed by atoms with van der Waals surface area (Å²) in [6.45, 7) is 1.30. The van der Waals surface area contributed by atoms with Gasteiger partial charge in [0.15, 0.2) is 0 Å². The molecule has 9 heteroatoms. The van der Waals surface area contributed by atoms with E-state index in [1.807, 2.05) is 53.4 Å². The third-order valence-corrected chi connectivity index (χ3v) is 6.71. The van der Waals surface area contributed by atoms with E-state index in [9.17, 15) is 14.4 Å². The molecule has 0 saturated heterocycles. The van der Waals surface area contributed by atoms with E-state index in [1.165, 1.54) is 18.9 Å². The number of hydrogen-bond donors (Lipinski definition) is 2. The quantitative estimate of drug-likeness (QED) is 0.314. The highest BCUT2D eigenvalue weighted by Crippen LogP contribution is 2.20. The number of thioether (sulfide) groups is 1. The van der Waals surface area contributed by atoms with E-state index >= 15 is 0 Å². The van der Waals surface area contributed by atoms with Crippen molar-refractivity contribution in [2.75, 3.05) is 46.2 Å². The first kappa shape index (κ1) is 28.0. The van der Waals surface area contributed by atoms with Crippen LogP contribution in [0.5, 0.6) is 5.75 Å². The summed E-state index contributed by atoms with van der Waals surface area (Å²) in [5.74, 6) is 1.03. The average Bonchev–Trinajstić information content (AvgIpc) is 2.92. The number of carbonyl (C=O) groups excluding carboxylic acids is 3. The molecule has 0 saturated carbocycles. The molecule has 0 aliphatic carbocycles. The maximum absolute atomic E-state index is 12.5. The van der Waals surface area contributed by atoms with Crippen LogP contribution < -0.4 is 15.4 Å². The topological polar surface area (TPSA) is 97.0 Å². The maximum atomic E-state index is 12.5. The molecule has 3 aromatic carbocycles. The normalized spacial score (nSPS) is 10.8. The minimum absolute atomic E-state index is 0.0567. The van der Waals surface area contributed by atoms with Crippen molar-refractivity contribution in [1.82, 2.24) is 15.5 Å². The van der Waals surface area contributed by atoms with Crippen LogP contribution in [0.1, 0.15) is 11.1 Å². The smallest absolute Gasteiger partial charge is 0.325 e. The van der Waals surface area contributed by atoms with Crippen LogP contribution >= 0.6 is 11.8 Å². The molecule has 0 fully saturated rings. The summed E-state index contributed by atoms with van der Waals surface area (Å²) < 4.78 is 9.76. The number of methoxy groups -OCH3 is 2. The Labute approximate surface area is 221 Å². The number of rotatable bonds is 14. The summed E-state index contributed by atoms with van der Waals surface area (Å²) in [7, 11) is 2.91. The Hall–Kier alpha value is -3.56. The van der Waals surface area contributed by atoms with E-state index in [0.29, 0.717) is 25.4 Å². The van der Waals surface area contributed by atoms with Crippen LogP contribution in [0.4, 0.5) is 0 Å². The Morgan fingerprint density at radius 3 is 2.41 bits per heavy atom. The number of nitrogens with zero attached hydrogens (tertiary/aromatic N) is 1. The molecule has 0 aromatic heterocycles. The fourth-order valence-electron chi connectivity index (χ4n) is 3.78. The second-order valence-electron chi connectivity index (χ2n) is 8.39. The molecule has 3 aromatic rings. The number of esters is 1. The molecule has 37 heavy (non-hydrogen) atoms. The summed E-state index contributed by atoms with van der Waals surface area (Å²) in [6, 6.07) is 22.0. The fourth-order valence-corrected chi connectivity index (χ4v) is 4.59. The van der Waals surface area contributed by atoms with Gasteiger partial charge in [0.25, 0.3) is 0 Å².